The average molecular weight is 370 g/mol. The van der Waals surface area contributed by atoms with Crippen LogP contribution >= 0.6 is 0 Å². The quantitative estimate of drug-likeness (QED) is 0.321. The zero-order valence-corrected chi connectivity index (χ0v) is 13.3. The predicted molar refractivity (Wildman–Crippen MR) is 74.4 cm³/mol. The molecule has 0 bridgehead atoms. The van der Waals surface area contributed by atoms with Crippen LogP contribution in [0.15, 0.2) is 24.3 Å². The Kier molecular flexibility index (Phi) is 4.51. The Morgan fingerprint density at radius 3 is 1.67 bits per heavy atom. The standard InChI is InChI=1S/C15H10F8Si/c1-24(2,8-5-3-4-7(6-8)15(21,22)23)14-12(19)10(17)9(16)11(18)13(14)20/h3-6H,1-2H3. The van der Waals surface area contributed by atoms with Crippen LogP contribution in [0.2, 0.25) is 13.1 Å². The van der Waals surface area contributed by atoms with Gasteiger partial charge in [0.2, 0.25) is 5.82 Å². The summed E-state index contributed by atoms with van der Waals surface area (Å²) in [6, 6.07) is 3.63. The molecule has 0 heterocycles. The highest BCUT2D eigenvalue weighted by Gasteiger charge is 2.39. The van der Waals surface area contributed by atoms with Crippen molar-refractivity contribution in [2.24, 2.45) is 0 Å². The van der Waals surface area contributed by atoms with Gasteiger partial charge in [-0.05, 0) is 0 Å². The van der Waals surface area contributed by atoms with Crippen LogP contribution in [0.25, 0.3) is 0 Å². The molecular formula is C15H10F8Si. The van der Waals surface area contributed by atoms with Crippen LogP contribution < -0.4 is 10.4 Å². The molecule has 2 aromatic carbocycles. The van der Waals surface area contributed by atoms with Crippen molar-refractivity contribution in [2.75, 3.05) is 0 Å². The molecule has 0 saturated heterocycles. The second-order valence-corrected chi connectivity index (χ2v) is 9.98. The summed E-state index contributed by atoms with van der Waals surface area (Å²) < 4.78 is 106. The second kappa shape index (κ2) is 5.87. The van der Waals surface area contributed by atoms with E-state index < -0.39 is 54.1 Å². The molecule has 0 aliphatic carbocycles. The van der Waals surface area contributed by atoms with Gasteiger partial charge < -0.3 is 0 Å². The van der Waals surface area contributed by atoms with Crippen LogP contribution in [0.3, 0.4) is 0 Å². The third kappa shape index (κ3) is 2.92. The van der Waals surface area contributed by atoms with Gasteiger partial charge in [0.25, 0.3) is 0 Å². The summed E-state index contributed by atoms with van der Waals surface area (Å²) in [6.07, 6.45) is -4.70. The Morgan fingerprint density at radius 2 is 1.21 bits per heavy atom. The fraction of sp³-hybridized carbons (Fsp3) is 0.200. The first kappa shape index (κ1) is 18.4. The minimum atomic E-state index is -4.70. The van der Waals surface area contributed by atoms with Crippen molar-refractivity contribution in [2.45, 2.75) is 19.3 Å². The molecule has 9 heteroatoms. The first-order valence-electron chi connectivity index (χ1n) is 6.58. The molecule has 0 unspecified atom stereocenters. The summed E-state index contributed by atoms with van der Waals surface area (Å²) in [6.45, 7) is 2.42. The highest BCUT2D eigenvalue weighted by atomic mass is 28.3. The Bertz CT molecular complexity index is 766. The highest BCUT2D eigenvalue weighted by Crippen LogP contribution is 2.29. The summed E-state index contributed by atoms with van der Waals surface area (Å²) in [5.74, 6) is -10.6. The molecule has 2 rings (SSSR count). The first-order valence-corrected chi connectivity index (χ1v) is 9.58. The van der Waals surface area contributed by atoms with Crippen molar-refractivity contribution < 1.29 is 35.1 Å². The molecule has 2 aromatic rings. The lowest BCUT2D eigenvalue weighted by atomic mass is 10.2. The van der Waals surface area contributed by atoms with E-state index in [1.54, 1.807) is 0 Å². The van der Waals surface area contributed by atoms with E-state index in [1.165, 1.54) is 19.2 Å². The van der Waals surface area contributed by atoms with Gasteiger partial charge in [0.1, 0.15) is 8.07 Å². The zero-order chi connectivity index (χ0) is 18.4. The summed E-state index contributed by atoms with van der Waals surface area (Å²) >= 11 is 0. The van der Waals surface area contributed by atoms with Crippen LogP contribution in [-0.2, 0) is 6.18 Å². The minimum absolute atomic E-state index is 0.111. The van der Waals surface area contributed by atoms with Gasteiger partial charge in [-0.15, -0.1) is 0 Å². The Hall–Kier alpha value is -1.90. The number of rotatable bonds is 2. The van der Waals surface area contributed by atoms with Gasteiger partial charge in [-0.1, -0.05) is 42.5 Å². The van der Waals surface area contributed by atoms with Crippen molar-refractivity contribution in [3.05, 3.63) is 58.9 Å². The lowest BCUT2D eigenvalue weighted by Gasteiger charge is -2.26. The van der Waals surface area contributed by atoms with Crippen molar-refractivity contribution in [1.82, 2.24) is 0 Å². The van der Waals surface area contributed by atoms with Crippen molar-refractivity contribution >= 4 is 18.4 Å². The summed E-state index contributed by atoms with van der Waals surface area (Å²) in [5, 5.41) is -1.17. The third-order valence-electron chi connectivity index (χ3n) is 3.75. The topological polar surface area (TPSA) is 0 Å². The molecule has 0 aliphatic heterocycles. The molecule has 0 nitrogen and oxygen atoms in total. The molecule has 0 N–H and O–H groups in total. The average Bonchev–Trinajstić information content (AvgIpc) is 2.50. The Morgan fingerprint density at radius 1 is 0.750 bits per heavy atom. The van der Waals surface area contributed by atoms with Gasteiger partial charge in [0.15, 0.2) is 23.3 Å². The maximum atomic E-state index is 14.0. The molecule has 0 radical (unpaired) electrons. The molecule has 0 spiro atoms. The van der Waals surface area contributed by atoms with E-state index in [2.05, 4.69) is 0 Å². The molecule has 0 fully saturated rings. The van der Waals surface area contributed by atoms with Gasteiger partial charge in [0, 0.05) is 5.19 Å². The first-order chi connectivity index (χ1) is 10.9. The molecule has 0 saturated carbocycles. The maximum absolute atomic E-state index is 14.0. The molecule has 0 atom stereocenters. The summed E-state index contributed by atoms with van der Waals surface area (Å²) in [4.78, 5) is 0. The molecule has 0 aliphatic rings. The fourth-order valence-corrected chi connectivity index (χ4v) is 5.02. The molecule has 24 heavy (non-hydrogen) atoms. The Balaban J connectivity index is 2.73. The highest BCUT2D eigenvalue weighted by molar-refractivity contribution is 7.00. The number of benzene rings is 2. The molecule has 0 amide bonds. The van der Waals surface area contributed by atoms with Gasteiger partial charge >= 0.3 is 6.18 Å². The van der Waals surface area contributed by atoms with E-state index in [9.17, 15) is 35.1 Å². The van der Waals surface area contributed by atoms with Crippen molar-refractivity contribution in [3.63, 3.8) is 0 Å². The number of hydrogen-bond acceptors (Lipinski definition) is 0. The summed E-state index contributed by atoms with van der Waals surface area (Å²) in [5.41, 5.74) is -1.07. The monoisotopic (exact) mass is 370 g/mol. The molecular weight excluding hydrogens is 360 g/mol. The predicted octanol–water partition coefficient (Wildman–Crippen LogP) is 4.22. The lowest BCUT2D eigenvalue weighted by molar-refractivity contribution is -0.137. The van der Waals surface area contributed by atoms with Crippen LogP contribution in [-0.4, -0.2) is 8.07 Å². The smallest absolute Gasteiger partial charge is 0.204 e. The van der Waals surface area contributed by atoms with Crippen LogP contribution in [0, 0.1) is 29.1 Å². The van der Waals surface area contributed by atoms with Gasteiger partial charge in [0.05, 0.1) is 5.56 Å². The lowest BCUT2D eigenvalue weighted by Crippen LogP contribution is -2.56. The summed E-state index contributed by atoms with van der Waals surface area (Å²) in [7, 11) is -3.64. The van der Waals surface area contributed by atoms with E-state index in [0.29, 0.717) is 6.07 Å². The molecule has 130 valence electrons. The number of hydrogen-bond donors (Lipinski definition) is 0. The van der Waals surface area contributed by atoms with Gasteiger partial charge in [-0.25, -0.2) is 22.0 Å². The van der Waals surface area contributed by atoms with E-state index in [0.717, 1.165) is 12.1 Å². The SMILES string of the molecule is C[Si](C)(c1cccc(C(F)(F)F)c1)c1c(F)c(F)c(F)c(F)c1F. The molecule has 0 aromatic heterocycles. The Labute approximate surface area is 132 Å². The zero-order valence-electron chi connectivity index (χ0n) is 12.3. The van der Waals surface area contributed by atoms with E-state index in [1.807, 2.05) is 0 Å². The maximum Gasteiger partial charge on any atom is 0.416 e. The van der Waals surface area contributed by atoms with Crippen molar-refractivity contribution in [3.8, 4) is 0 Å². The van der Waals surface area contributed by atoms with Crippen LogP contribution in [0.5, 0.6) is 0 Å². The van der Waals surface area contributed by atoms with E-state index in [-0.39, 0.29) is 5.19 Å². The minimum Gasteiger partial charge on any atom is -0.204 e. The van der Waals surface area contributed by atoms with Gasteiger partial charge in [-0.3, -0.25) is 0 Å². The van der Waals surface area contributed by atoms with E-state index in [4.69, 9.17) is 0 Å². The largest absolute Gasteiger partial charge is 0.416 e. The normalized spacial score (nSPS) is 12.6. The number of halogens is 8. The third-order valence-corrected chi connectivity index (χ3v) is 7.19. The van der Waals surface area contributed by atoms with E-state index >= 15 is 0 Å². The van der Waals surface area contributed by atoms with Crippen LogP contribution in [0.4, 0.5) is 35.1 Å². The number of alkyl halides is 3. The van der Waals surface area contributed by atoms with Crippen LogP contribution in [0.1, 0.15) is 5.56 Å². The second-order valence-electron chi connectivity index (χ2n) is 5.65. The van der Waals surface area contributed by atoms with Gasteiger partial charge in [-0.2, -0.15) is 13.2 Å². The van der Waals surface area contributed by atoms with Crippen molar-refractivity contribution in [1.29, 1.82) is 0 Å². The fourth-order valence-electron chi connectivity index (χ4n) is 2.38.